The molecule has 0 bridgehead atoms. The molecule has 1 N–H and O–H groups in total. The Balaban J connectivity index is 1.49. The van der Waals surface area contributed by atoms with Crippen LogP contribution in [0.15, 0.2) is 0 Å². The second kappa shape index (κ2) is 11.4. The third-order valence-electron chi connectivity index (χ3n) is 7.16. The van der Waals surface area contributed by atoms with Crippen molar-refractivity contribution in [2.45, 2.75) is 120 Å². The van der Waals surface area contributed by atoms with Crippen LogP contribution in [-0.2, 0) is 18.0 Å². The Labute approximate surface area is 172 Å². The molecule has 0 aromatic carbocycles. The fraction of sp³-hybridized carbons (Fsp3) is 1.00. The van der Waals surface area contributed by atoms with Crippen molar-refractivity contribution in [3.8, 4) is 0 Å². The number of hydrogen-bond acceptors (Lipinski definition) is 5. The van der Waals surface area contributed by atoms with Gasteiger partial charge >= 0.3 is 8.80 Å². The molecule has 28 heavy (non-hydrogen) atoms. The van der Waals surface area contributed by atoms with Crippen molar-refractivity contribution in [3.63, 3.8) is 0 Å². The quantitative estimate of drug-likeness (QED) is 0.547. The maximum atomic E-state index is 10.5. The zero-order valence-corrected chi connectivity index (χ0v) is 19.1. The lowest BCUT2D eigenvalue weighted by Crippen LogP contribution is -2.47. The fourth-order valence-electron chi connectivity index (χ4n) is 5.31. The van der Waals surface area contributed by atoms with Gasteiger partial charge in [-0.2, -0.15) is 0 Å². The molecule has 5 nitrogen and oxygen atoms in total. The Kier molecular flexibility index (Phi) is 9.26. The second-order valence-electron chi connectivity index (χ2n) is 9.19. The van der Waals surface area contributed by atoms with Gasteiger partial charge in [0, 0.05) is 26.4 Å². The maximum absolute atomic E-state index is 10.5. The summed E-state index contributed by atoms with van der Waals surface area (Å²) in [6, 6.07) is 0.868. The average Bonchev–Trinajstić information content (AvgIpc) is 2.75. The first kappa shape index (κ1) is 22.7. The first-order chi connectivity index (χ1) is 13.6. The van der Waals surface area contributed by atoms with Crippen LogP contribution in [0.5, 0.6) is 0 Å². The number of aliphatic hydroxyl groups excluding tert-OH is 1. The lowest BCUT2D eigenvalue weighted by molar-refractivity contribution is -0.112. The van der Waals surface area contributed by atoms with Crippen LogP contribution in [0.3, 0.4) is 0 Å². The molecule has 3 rings (SSSR count). The summed E-state index contributed by atoms with van der Waals surface area (Å²) >= 11 is 0. The largest absolute Gasteiger partial charge is 0.500 e. The SMILES string of the molecule is CO[Si](CCC1CCC(O)C(OC2CCCCC2)C1)(OC)OC1CCCCC1. The Morgan fingerprint density at radius 1 is 0.786 bits per heavy atom. The van der Waals surface area contributed by atoms with Gasteiger partial charge in [-0.15, -0.1) is 0 Å². The van der Waals surface area contributed by atoms with Gasteiger partial charge in [-0.25, -0.2) is 0 Å². The number of hydrogen-bond donors (Lipinski definition) is 1. The molecule has 0 spiro atoms. The second-order valence-corrected chi connectivity index (χ2v) is 12.1. The predicted molar refractivity (Wildman–Crippen MR) is 112 cm³/mol. The minimum Gasteiger partial charge on any atom is -0.390 e. The van der Waals surface area contributed by atoms with Crippen molar-refractivity contribution in [3.05, 3.63) is 0 Å². The Hall–Kier alpha value is 0.0169. The van der Waals surface area contributed by atoms with Gasteiger partial charge in [0.05, 0.1) is 18.3 Å². The third kappa shape index (κ3) is 6.51. The van der Waals surface area contributed by atoms with Crippen LogP contribution in [0.25, 0.3) is 0 Å². The van der Waals surface area contributed by atoms with E-state index in [1.807, 2.05) is 0 Å². The lowest BCUT2D eigenvalue weighted by Gasteiger charge is -2.38. The standard InChI is InChI=1S/C22H42O5Si/c1-24-28(25-2,27-20-11-7-4-8-12-20)16-15-18-13-14-21(23)22(17-18)26-19-9-5-3-6-10-19/h18-23H,3-17H2,1-2H3. The molecule has 0 amide bonds. The maximum Gasteiger partial charge on any atom is 0.500 e. The molecule has 3 fully saturated rings. The van der Waals surface area contributed by atoms with Gasteiger partial charge < -0.3 is 23.1 Å². The van der Waals surface area contributed by atoms with Crippen LogP contribution >= 0.6 is 0 Å². The lowest BCUT2D eigenvalue weighted by atomic mass is 9.83. The summed E-state index contributed by atoms with van der Waals surface area (Å²) in [5.41, 5.74) is 0. The van der Waals surface area contributed by atoms with Crippen LogP contribution in [0.4, 0.5) is 0 Å². The van der Waals surface area contributed by atoms with Gasteiger partial charge in [0.15, 0.2) is 0 Å². The van der Waals surface area contributed by atoms with Gasteiger partial charge in [-0.3, -0.25) is 0 Å². The van der Waals surface area contributed by atoms with Crippen LogP contribution in [0.2, 0.25) is 6.04 Å². The molecule has 0 radical (unpaired) electrons. The van der Waals surface area contributed by atoms with Crippen molar-refractivity contribution in [1.29, 1.82) is 0 Å². The van der Waals surface area contributed by atoms with Crippen molar-refractivity contribution in [1.82, 2.24) is 0 Å². The molecular weight excluding hydrogens is 372 g/mol. The Morgan fingerprint density at radius 2 is 1.39 bits per heavy atom. The van der Waals surface area contributed by atoms with Crippen molar-refractivity contribution < 1.29 is 23.1 Å². The molecular formula is C22H42O5Si. The highest BCUT2D eigenvalue weighted by atomic mass is 28.4. The number of ether oxygens (including phenoxy) is 1. The zero-order valence-electron chi connectivity index (χ0n) is 18.1. The molecule has 164 valence electrons. The highest BCUT2D eigenvalue weighted by Crippen LogP contribution is 2.35. The summed E-state index contributed by atoms with van der Waals surface area (Å²) in [7, 11) is 0.897. The van der Waals surface area contributed by atoms with E-state index < -0.39 is 8.80 Å². The number of rotatable bonds is 9. The molecule has 0 aliphatic heterocycles. The van der Waals surface area contributed by atoms with E-state index in [9.17, 15) is 5.11 Å². The summed E-state index contributed by atoms with van der Waals surface area (Å²) in [5.74, 6) is 0.559. The molecule has 3 aliphatic carbocycles. The molecule has 0 aromatic rings. The van der Waals surface area contributed by atoms with E-state index in [0.29, 0.717) is 18.1 Å². The molecule has 3 unspecified atom stereocenters. The summed E-state index contributed by atoms with van der Waals surface area (Å²) in [4.78, 5) is 0. The van der Waals surface area contributed by atoms with E-state index in [2.05, 4.69) is 0 Å². The molecule has 0 aromatic heterocycles. The third-order valence-corrected chi connectivity index (χ3v) is 10.0. The molecule has 3 saturated carbocycles. The predicted octanol–water partition coefficient (Wildman–Crippen LogP) is 4.84. The minimum atomic E-state index is -2.60. The highest BCUT2D eigenvalue weighted by molar-refractivity contribution is 6.60. The van der Waals surface area contributed by atoms with Crippen LogP contribution in [0, 0.1) is 5.92 Å². The van der Waals surface area contributed by atoms with Crippen LogP contribution in [0.1, 0.15) is 89.9 Å². The van der Waals surface area contributed by atoms with E-state index in [1.165, 1.54) is 38.5 Å². The smallest absolute Gasteiger partial charge is 0.390 e. The monoisotopic (exact) mass is 414 g/mol. The Morgan fingerprint density at radius 3 is 2.00 bits per heavy atom. The van der Waals surface area contributed by atoms with E-state index in [1.54, 1.807) is 14.2 Å². The van der Waals surface area contributed by atoms with E-state index in [0.717, 1.165) is 57.4 Å². The summed E-state index contributed by atoms with van der Waals surface area (Å²) in [6.45, 7) is 0. The van der Waals surface area contributed by atoms with Gasteiger partial charge in [-0.05, 0) is 57.3 Å². The molecule has 0 heterocycles. The van der Waals surface area contributed by atoms with E-state index in [4.69, 9.17) is 18.0 Å². The van der Waals surface area contributed by atoms with Gasteiger partial charge in [0.2, 0.25) is 0 Å². The molecule has 0 saturated heterocycles. The van der Waals surface area contributed by atoms with Crippen molar-refractivity contribution in [2.24, 2.45) is 5.92 Å². The first-order valence-corrected chi connectivity index (χ1v) is 13.7. The van der Waals surface area contributed by atoms with Gasteiger partial charge in [0.25, 0.3) is 0 Å². The first-order valence-electron chi connectivity index (χ1n) is 11.8. The molecule has 6 heteroatoms. The summed E-state index contributed by atoms with van der Waals surface area (Å²) < 4.78 is 24.5. The minimum absolute atomic E-state index is 0.00210. The van der Waals surface area contributed by atoms with E-state index in [-0.39, 0.29) is 12.2 Å². The average molecular weight is 415 g/mol. The zero-order chi connectivity index (χ0) is 19.8. The van der Waals surface area contributed by atoms with Crippen LogP contribution < -0.4 is 0 Å². The Bertz CT molecular complexity index is 433. The normalized spacial score (nSPS) is 31.2. The molecule has 3 aliphatic rings. The summed E-state index contributed by atoms with van der Waals surface area (Å²) in [6.07, 6.45) is 16.5. The fourth-order valence-corrected chi connectivity index (χ4v) is 7.70. The van der Waals surface area contributed by atoms with Crippen molar-refractivity contribution in [2.75, 3.05) is 14.2 Å². The number of aliphatic hydroxyl groups is 1. The summed E-state index contributed by atoms with van der Waals surface area (Å²) in [5, 5.41) is 10.5. The van der Waals surface area contributed by atoms with Gasteiger partial charge in [-0.1, -0.05) is 38.5 Å². The van der Waals surface area contributed by atoms with E-state index >= 15 is 0 Å². The van der Waals surface area contributed by atoms with Crippen LogP contribution in [-0.4, -0.2) is 52.5 Å². The van der Waals surface area contributed by atoms with Gasteiger partial charge in [0.1, 0.15) is 0 Å². The highest BCUT2D eigenvalue weighted by Gasteiger charge is 2.43. The van der Waals surface area contributed by atoms with Crippen molar-refractivity contribution >= 4 is 8.80 Å². The molecule has 3 atom stereocenters. The topological polar surface area (TPSA) is 57.2 Å².